The minimum atomic E-state index is 0.145. The van der Waals surface area contributed by atoms with Crippen molar-refractivity contribution < 1.29 is 4.79 Å². The van der Waals surface area contributed by atoms with Crippen molar-refractivity contribution in [1.82, 2.24) is 25.3 Å². The van der Waals surface area contributed by atoms with E-state index in [4.69, 9.17) is 0 Å². The molecule has 2 saturated heterocycles. The molecule has 4 heterocycles. The summed E-state index contributed by atoms with van der Waals surface area (Å²) in [6.45, 7) is 7.14. The number of fused-ring (bicyclic) bond motifs is 3. The standard InChI is InChI=1S/C16H25N5O/c1-2-20-8-6-11-3-4-12(10-20)21(11)16(22)15-13-9-17-7-5-14(13)18-19-15/h11-12,17H,2-10H2,1H3,(H,18,19). The largest absolute Gasteiger partial charge is 0.330 e. The van der Waals surface area contributed by atoms with Crippen molar-refractivity contribution >= 4 is 5.91 Å². The number of hydrogen-bond donors (Lipinski definition) is 2. The van der Waals surface area contributed by atoms with Crippen LogP contribution in [0, 0.1) is 0 Å². The minimum absolute atomic E-state index is 0.145. The Kier molecular flexibility index (Phi) is 3.66. The number of H-pyrrole nitrogens is 1. The van der Waals surface area contributed by atoms with Crippen LogP contribution in [0.5, 0.6) is 0 Å². The van der Waals surface area contributed by atoms with Crippen LogP contribution in [-0.2, 0) is 13.0 Å². The first-order chi connectivity index (χ1) is 10.8. The van der Waals surface area contributed by atoms with Crippen molar-refractivity contribution in [3.63, 3.8) is 0 Å². The van der Waals surface area contributed by atoms with Crippen LogP contribution in [0.15, 0.2) is 0 Å². The molecule has 22 heavy (non-hydrogen) atoms. The summed E-state index contributed by atoms with van der Waals surface area (Å²) in [5.41, 5.74) is 2.88. The molecule has 0 radical (unpaired) electrons. The molecule has 2 unspecified atom stereocenters. The van der Waals surface area contributed by atoms with Crippen molar-refractivity contribution in [2.45, 2.75) is 51.2 Å². The van der Waals surface area contributed by atoms with Crippen molar-refractivity contribution in [2.75, 3.05) is 26.2 Å². The Labute approximate surface area is 131 Å². The fraction of sp³-hybridized carbons (Fsp3) is 0.750. The molecular formula is C16H25N5O. The molecule has 6 heteroatoms. The third kappa shape index (κ3) is 2.25. The van der Waals surface area contributed by atoms with Crippen LogP contribution >= 0.6 is 0 Å². The maximum atomic E-state index is 13.1. The molecule has 6 nitrogen and oxygen atoms in total. The fourth-order valence-corrected chi connectivity index (χ4v) is 4.29. The highest BCUT2D eigenvalue weighted by Crippen LogP contribution is 2.32. The van der Waals surface area contributed by atoms with Gasteiger partial charge in [0.05, 0.1) is 0 Å². The lowest BCUT2D eigenvalue weighted by atomic mass is 10.1. The molecule has 3 aliphatic heterocycles. The molecule has 2 bridgehead atoms. The van der Waals surface area contributed by atoms with Gasteiger partial charge in [-0.3, -0.25) is 9.89 Å². The van der Waals surface area contributed by atoms with Crippen molar-refractivity contribution in [1.29, 1.82) is 0 Å². The van der Waals surface area contributed by atoms with E-state index in [9.17, 15) is 4.79 Å². The number of aromatic nitrogens is 2. The Balaban J connectivity index is 1.61. The number of amides is 1. The Hall–Kier alpha value is -1.40. The van der Waals surface area contributed by atoms with Crippen molar-refractivity contribution in [2.24, 2.45) is 0 Å². The SMILES string of the molecule is CCN1CCC2CCC(C1)N2C(=O)c1n[nH]c2c1CNCC2. The van der Waals surface area contributed by atoms with Crippen LogP contribution in [0.25, 0.3) is 0 Å². The molecule has 1 amide bonds. The highest BCUT2D eigenvalue weighted by molar-refractivity contribution is 5.94. The third-order valence-corrected chi connectivity index (χ3v) is 5.56. The molecule has 120 valence electrons. The van der Waals surface area contributed by atoms with E-state index in [1.54, 1.807) is 0 Å². The molecule has 1 aromatic rings. The highest BCUT2D eigenvalue weighted by Gasteiger charge is 2.41. The Morgan fingerprint density at radius 3 is 3.05 bits per heavy atom. The molecule has 0 saturated carbocycles. The van der Waals surface area contributed by atoms with Gasteiger partial charge in [-0.25, -0.2) is 0 Å². The van der Waals surface area contributed by atoms with Crippen molar-refractivity contribution in [3.8, 4) is 0 Å². The normalized spacial score (nSPS) is 28.5. The van der Waals surface area contributed by atoms with Gasteiger partial charge >= 0.3 is 0 Å². The first-order valence-corrected chi connectivity index (χ1v) is 8.59. The lowest BCUT2D eigenvalue weighted by molar-refractivity contribution is 0.0664. The second-order valence-corrected chi connectivity index (χ2v) is 6.74. The molecule has 0 aliphatic carbocycles. The van der Waals surface area contributed by atoms with Crippen LogP contribution in [0.2, 0.25) is 0 Å². The van der Waals surface area contributed by atoms with E-state index in [2.05, 4.69) is 32.2 Å². The first kappa shape index (κ1) is 14.2. The van der Waals surface area contributed by atoms with Crippen LogP contribution in [0.4, 0.5) is 0 Å². The lowest BCUT2D eigenvalue weighted by Crippen LogP contribution is -2.43. The molecular weight excluding hydrogens is 278 g/mol. The van der Waals surface area contributed by atoms with Gasteiger partial charge in [0.2, 0.25) is 0 Å². The van der Waals surface area contributed by atoms with E-state index in [1.807, 2.05) is 0 Å². The van der Waals surface area contributed by atoms with Crippen molar-refractivity contribution in [3.05, 3.63) is 17.0 Å². The predicted octanol–water partition coefficient (Wildman–Crippen LogP) is 0.754. The van der Waals surface area contributed by atoms with Gasteiger partial charge in [-0.2, -0.15) is 5.10 Å². The number of likely N-dealkylation sites (N-methyl/N-ethyl adjacent to an activating group) is 1. The van der Waals surface area contributed by atoms with Gasteiger partial charge in [0.25, 0.3) is 5.91 Å². The number of nitrogens with one attached hydrogen (secondary N) is 2. The Morgan fingerprint density at radius 2 is 2.18 bits per heavy atom. The molecule has 0 aromatic carbocycles. The number of nitrogens with zero attached hydrogens (tertiary/aromatic N) is 3. The average molecular weight is 303 g/mol. The summed E-state index contributed by atoms with van der Waals surface area (Å²) >= 11 is 0. The highest BCUT2D eigenvalue weighted by atomic mass is 16.2. The summed E-state index contributed by atoms with van der Waals surface area (Å²) in [4.78, 5) is 17.8. The summed E-state index contributed by atoms with van der Waals surface area (Å²) in [5, 5.41) is 10.8. The summed E-state index contributed by atoms with van der Waals surface area (Å²) in [5.74, 6) is 0.145. The van der Waals surface area contributed by atoms with Gasteiger partial charge in [0.15, 0.2) is 5.69 Å². The van der Waals surface area contributed by atoms with E-state index in [1.165, 1.54) is 0 Å². The maximum absolute atomic E-state index is 13.1. The van der Waals surface area contributed by atoms with Gasteiger partial charge in [0.1, 0.15) is 0 Å². The zero-order valence-corrected chi connectivity index (χ0v) is 13.3. The lowest BCUT2D eigenvalue weighted by Gasteiger charge is -2.28. The number of carbonyl (C=O) groups is 1. The molecule has 0 spiro atoms. The monoisotopic (exact) mass is 303 g/mol. The molecule has 2 fully saturated rings. The summed E-state index contributed by atoms with van der Waals surface area (Å²) in [6, 6.07) is 0.766. The number of rotatable bonds is 2. The Morgan fingerprint density at radius 1 is 1.32 bits per heavy atom. The van der Waals surface area contributed by atoms with Crippen LogP contribution < -0.4 is 5.32 Å². The van der Waals surface area contributed by atoms with Crippen LogP contribution in [0.3, 0.4) is 0 Å². The van der Waals surface area contributed by atoms with E-state index in [-0.39, 0.29) is 5.91 Å². The van der Waals surface area contributed by atoms with Gasteiger partial charge in [-0.15, -0.1) is 0 Å². The van der Waals surface area contributed by atoms with Gasteiger partial charge in [0, 0.05) is 55.9 Å². The molecule has 2 atom stereocenters. The average Bonchev–Trinajstić information content (AvgIpc) is 3.07. The molecule has 1 aromatic heterocycles. The van der Waals surface area contributed by atoms with Gasteiger partial charge < -0.3 is 15.1 Å². The Bertz CT molecular complexity index is 569. The number of hydrogen-bond acceptors (Lipinski definition) is 4. The molecule has 3 aliphatic rings. The smallest absolute Gasteiger partial charge is 0.275 e. The predicted molar refractivity (Wildman–Crippen MR) is 83.7 cm³/mol. The second kappa shape index (κ2) is 5.66. The van der Waals surface area contributed by atoms with Gasteiger partial charge in [-0.05, 0) is 25.8 Å². The number of carbonyl (C=O) groups excluding carboxylic acids is 1. The van der Waals surface area contributed by atoms with E-state index < -0.39 is 0 Å². The first-order valence-electron chi connectivity index (χ1n) is 8.59. The quantitative estimate of drug-likeness (QED) is 0.846. The zero-order valence-electron chi connectivity index (χ0n) is 13.3. The summed E-state index contributed by atoms with van der Waals surface area (Å²) in [7, 11) is 0. The summed E-state index contributed by atoms with van der Waals surface area (Å²) in [6.07, 6.45) is 4.32. The summed E-state index contributed by atoms with van der Waals surface area (Å²) < 4.78 is 0. The zero-order chi connectivity index (χ0) is 15.1. The second-order valence-electron chi connectivity index (χ2n) is 6.74. The molecule has 4 rings (SSSR count). The maximum Gasteiger partial charge on any atom is 0.275 e. The number of likely N-dealkylation sites (tertiary alicyclic amines) is 1. The molecule has 2 N–H and O–H groups in total. The fourth-order valence-electron chi connectivity index (χ4n) is 4.29. The van der Waals surface area contributed by atoms with E-state index >= 15 is 0 Å². The third-order valence-electron chi connectivity index (χ3n) is 5.56. The minimum Gasteiger partial charge on any atom is -0.330 e. The van der Waals surface area contributed by atoms with E-state index in [0.29, 0.717) is 17.8 Å². The number of aromatic amines is 1. The van der Waals surface area contributed by atoms with Gasteiger partial charge in [-0.1, -0.05) is 6.92 Å². The van der Waals surface area contributed by atoms with Crippen LogP contribution in [0.1, 0.15) is 47.9 Å². The van der Waals surface area contributed by atoms with E-state index in [0.717, 1.165) is 69.7 Å². The topological polar surface area (TPSA) is 64.3 Å². The van der Waals surface area contributed by atoms with Crippen LogP contribution in [-0.4, -0.2) is 64.2 Å².